The molecule has 4 aromatic rings. The van der Waals surface area contributed by atoms with Gasteiger partial charge in [-0.15, -0.1) is 0 Å². The summed E-state index contributed by atoms with van der Waals surface area (Å²) >= 11 is 14.0. The molecule has 0 radical (unpaired) electrons. The summed E-state index contributed by atoms with van der Waals surface area (Å²) < 4.78 is 3.88. The Morgan fingerprint density at radius 1 is 0.629 bits per heavy atom. The summed E-state index contributed by atoms with van der Waals surface area (Å²) in [5, 5.41) is 3.24. The van der Waals surface area contributed by atoms with E-state index in [0.717, 1.165) is 34.6 Å². The van der Waals surface area contributed by atoms with Crippen LogP contribution in [0.2, 0.25) is 0 Å². The molecule has 0 aromatic heterocycles. The first kappa shape index (κ1) is 26.0. The van der Waals surface area contributed by atoms with Crippen molar-refractivity contribution in [2.75, 3.05) is 0 Å². The molecule has 2 unspecified atom stereocenters. The van der Waals surface area contributed by atoms with Gasteiger partial charge in [-0.05, 0) is 77.4 Å². The molecule has 1 amide bonds. The number of hydrogen-bond acceptors (Lipinski definition) is 2. The zero-order valence-corrected chi connectivity index (χ0v) is 24.7. The number of nitrogens with zero attached hydrogens (tertiary/aromatic N) is 1. The van der Waals surface area contributed by atoms with Crippen molar-refractivity contribution in [3.05, 3.63) is 137 Å². The second kappa shape index (κ2) is 12.3. The van der Waals surface area contributed by atoms with Gasteiger partial charge < -0.3 is 5.32 Å². The van der Waals surface area contributed by atoms with Gasteiger partial charge in [0.2, 0.25) is 0 Å². The molecule has 0 spiro atoms. The molecule has 0 saturated carbocycles. The highest BCUT2D eigenvalue weighted by Gasteiger charge is 2.26. The molecule has 1 N–H and O–H groups in total. The number of halogens is 4. The van der Waals surface area contributed by atoms with E-state index in [-0.39, 0.29) is 11.9 Å². The minimum atomic E-state index is -0.396. The molecule has 0 heterocycles. The average molecular weight is 720 g/mol. The molecule has 0 bridgehead atoms. The van der Waals surface area contributed by atoms with Crippen molar-refractivity contribution in [2.24, 2.45) is 4.99 Å². The molecule has 0 aliphatic carbocycles. The maximum absolute atomic E-state index is 13.3. The molecule has 0 aliphatic rings. The average Bonchev–Trinajstić information content (AvgIpc) is 2.86. The number of aliphatic imine (C=N–C) groups is 1. The second-order valence-corrected chi connectivity index (χ2v) is 11.5. The Morgan fingerprint density at radius 2 is 1.06 bits per heavy atom. The first-order valence-corrected chi connectivity index (χ1v) is 13.9. The minimum absolute atomic E-state index is 0.161. The molecule has 3 nitrogen and oxygen atoms in total. The number of benzene rings is 4. The summed E-state index contributed by atoms with van der Waals surface area (Å²) in [6.07, 6.45) is 1.86. The van der Waals surface area contributed by atoms with Gasteiger partial charge in [0.05, 0.1) is 12.1 Å². The molecule has 35 heavy (non-hydrogen) atoms. The second-order valence-electron chi connectivity index (χ2n) is 7.84. The quantitative estimate of drug-likeness (QED) is 0.190. The van der Waals surface area contributed by atoms with Crippen LogP contribution < -0.4 is 5.32 Å². The lowest BCUT2D eigenvalue weighted by atomic mass is 9.93. The van der Waals surface area contributed by atoms with Crippen LogP contribution in [-0.4, -0.2) is 12.1 Å². The molecular weight excluding hydrogens is 700 g/mol. The third-order valence-corrected chi connectivity index (χ3v) is 7.52. The van der Waals surface area contributed by atoms with E-state index < -0.39 is 6.04 Å². The molecule has 176 valence electrons. The SMILES string of the molecule is O=C(NC(c1ccc(Br)cc1)C(N=Cc1ccc(Br)cc1)c1ccc(Br)cc1)c1ccc(Br)cc1. The molecular formula is C28H20Br4N2O. The first-order valence-electron chi connectivity index (χ1n) is 10.7. The third-order valence-electron chi connectivity index (χ3n) is 5.40. The van der Waals surface area contributed by atoms with Crippen LogP contribution in [0.15, 0.2) is 120 Å². The van der Waals surface area contributed by atoms with Crippen molar-refractivity contribution in [3.8, 4) is 0 Å². The summed E-state index contributed by atoms with van der Waals surface area (Å²) in [6.45, 7) is 0. The number of carbonyl (C=O) groups is 1. The van der Waals surface area contributed by atoms with E-state index in [0.29, 0.717) is 5.56 Å². The van der Waals surface area contributed by atoms with E-state index in [1.54, 1.807) is 12.1 Å². The lowest BCUT2D eigenvalue weighted by molar-refractivity contribution is 0.0930. The molecule has 0 saturated heterocycles. The van der Waals surface area contributed by atoms with Crippen molar-refractivity contribution < 1.29 is 4.79 Å². The maximum Gasteiger partial charge on any atom is 0.251 e. The van der Waals surface area contributed by atoms with Crippen molar-refractivity contribution in [2.45, 2.75) is 12.1 Å². The highest BCUT2D eigenvalue weighted by atomic mass is 79.9. The van der Waals surface area contributed by atoms with Gasteiger partial charge >= 0.3 is 0 Å². The highest BCUT2D eigenvalue weighted by molar-refractivity contribution is 9.11. The Labute approximate surface area is 238 Å². The van der Waals surface area contributed by atoms with Gasteiger partial charge in [-0.3, -0.25) is 9.79 Å². The van der Waals surface area contributed by atoms with E-state index in [1.807, 2.05) is 91.1 Å². The van der Waals surface area contributed by atoms with Crippen molar-refractivity contribution in [3.63, 3.8) is 0 Å². The predicted octanol–water partition coefficient (Wildman–Crippen LogP) is 9.07. The Hall–Kier alpha value is -2.06. The van der Waals surface area contributed by atoms with E-state index in [2.05, 4.69) is 69.0 Å². The Balaban J connectivity index is 1.76. The van der Waals surface area contributed by atoms with Crippen LogP contribution >= 0.6 is 63.7 Å². The Morgan fingerprint density at radius 3 is 1.57 bits per heavy atom. The van der Waals surface area contributed by atoms with Gasteiger partial charge in [-0.25, -0.2) is 0 Å². The predicted molar refractivity (Wildman–Crippen MR) is 157 cm³/mol. The minimum Gasteiger partial charge on any atom is -0.343 e. The summed E-state index contributed by atoms with van der Waals surface area (Å²) in [4.78, 5) is 18.3. The van der Waals surface area contributed by atoms with Gasteiger partial charge in [-0.1, -0.05) is 100 Å². The van der Waals surface area contributed by atoms with E-state index >= 15 is 0 Å². The van der Waals surface area contributed by atoms with Crippen LogP contribution in [0.4, 0.5) is 0 Å². The van der Waals surface area contributed by atoms with Crippen molar-refractivity contribution in [1.82, 2.24) is 5.32 Å². The number of rotatable bonds is 7. The fraction of sp³-hybridized carbons (Fsp3) is 0.0714. The third kappa shape index (κ3) is 7.23. The lowest BCUT2D eigenvalue weighted by Crippen LogP contribution is -2.32. The molecule has 2 atom stereocenters. The zero-order valence-electron chi connectivity index (χ0n) is 18.3. The van der Waals surface area contributed by atoms with Crippen LogP contribution in [0, 0.1) is 0 Å². The fourth-order valence-electron chi connectivity index (χ4n) is 3.58. The Kier molecular flexibility index (Phi) is 9.11. The topological polar surface area (TPSA) is 41.5 Å². The fourth-order valence-corrected chi connectivity index (χ4v) is 4.64. The lowest BCUT2D eigenvalue weighted by Gasteiger charge is -2.27. The van der Waals surface area contributed by atoms with Gasteiger partial charge in [-0.2, -0.15) is 0 Å². The normalized spacial score (nSPS) is 12.9. The van der Waals surface area contributed by atoms with Gasteiger partial charge in [0, 0.05) is 29.7 Å². The van der Waals surface area contributed by atoms with E-state index in [4.69, 9.17) is 4.99 Å². The number of carbonyl (C=O) groups excluding carboxylic acids is 1. The number of amides is 1. The van der Waals surface area contributed by atoms with Gasteiger partial charge in [0.15, 0.2) is 0 Å². The van der Waals surface area contributed by atoms with Crippen LogP contribution in [-0.2, 0) is 0 Å². The molecule has 0 fully saturated rings. The summed E-state index contributed by atoms with van der Waals surface area (Å²) in [7, 11) is 0. The summed E-state index contributed by atoms with van der Waals surface area (Å²) in [5.74, 6) is -0.161. The smallest absolute Gasteiger partial charge is 0.251 e. The summed E-state index contributed by atoms with van der Waals surface area (Å²) in [5.41, 5.74) is 3.51. The largest absolute Gasteiger partial charge is 0.343 e. The number of nitrogens with one attached hydrogen (secondary N) is 1. The van der Waals surface area contributed by atoms with Crippen LogP contribution in [0.1, 0.15) is 39.1 Å². The summed E-state index contributed by atoms with van der Waals surface area (Å²) in [6, 6.07) is 30.6. The highest BCUT2D eigenvalue weighted by Crippen LogP contribution is 2.34. The molecule has 4 aromatic carbocycles. The maximum atomic E-state index is 13.3. The Bertz CT molecular complexity index is 1300. The monoisotopic (exact) mass is 716 g/mol. The first-order chi connectivity index (χ1) is 16.9. The van der Waals surface area contributed by atoms with E-state index in [1.165, 1.54) is 0 Å². The van der Waals surface area contributed by atoms with Crippen LogP contribution in [0.25, 0.3) is 0 Å². The molecule has 0 aliphatic heterocycles. The van der Waals surface area contributed by atoms with Crippen LogP contribution in [0.3, 0.4) is 0 Å². The van der Waals surface area contributed by atoms with Crippen molar-refractivity contribution >= 4 is 75.8 Å². The van der Waals surface area contributed by atoms with Gasteiger partial charge in [0.1, 0.15) is 0 Å². The van der Waals surface area contributed by atoms with Crippen LogP contribution in [0.5, 0.6) is 0 Å². The van der Waals surface area contributed by atoms with Crippen molar-refractivity contribution in [1.29, 1.82) is 0 Å². The molecule has 7 heteroatoms. The van der Waals surface area contributed by atoms with Gasteiger partial charge in [0.25, 0.3) is 5.91 Å². The van der Waals surface area contributed by atoms with E-state index in [9.17, 15) is 4.79 Å². The number of hydrogen-bond donors (Lipinski definition) is 1. The standard InChI is InChI=1S/C28H20Br4N2O/c29-22-9-1-18(2-10-22)17-33-26(19-3-11-23(30)12-4-19)27(20-5-13-24(31)14-6-20)34-28(35)21-7-15-25(32)16-8-21/h1-17,26-27H,(H,34,35). The molecule has 4 rings (SSSR count). The zero-order chi connectivity index (χ0) is 24.8.